The Kier molecular flexibility index (Phi) is 9.85. The summed E-state index contributed by atoms with van der Waals surface area (Å²) in [5.74, 6) is 0.0816. The number of aromatic nitrogens is 2. The summed E-state index contributed by atoms with van der Waals surface area (Å²) >= 11 is 0. The highest BCUT2D eigenvalue weighted by Crippen LogP contribution is 2.32. The van der Waals surface area contributed by atoms with Crippen molar-refractivity contribution in [1.82, 2.24) is 26.1 Å². The van der Waals surface area contributed by atoms with Crippen LogP contribution in [0.15, 0.2) is 60.8 Å². The molecule has 1 fully saturated rings. The lowest BCUT2D eigenvalue weighted by Gasteiger charge is -2.21. The molecule has 1 aromatic heterocycles. The number of amides is 2. The zero-order chi connectivity index (χ0) is 31.1. The molecule has 0 unspecified atom stereocenters. The molecule has 5 N–H and O–H groups in total. The molecule has 230 valence electrons. The van der Waals surface area contributed by atoms with Crippen molar-refractivity contribution >= 4 is 28.5 Å². The Morgan fingerprint density at radius 3 is 2.25 bits per heavy atom. The SMILES string of the molecule is COc1ccc(OCCOCCO)c(C(=O)c2ccc(C(=O)N[C@@H]3CNC[C@@H]3NC(=O)c3ccc4cn[nH]c4c3)cc2)c1C. The van der Waals surface area contributed by atoms with Gasteiger partial charge in [0.25, 0.3) is 11.8 Å². The second-order valence-electron chi connectivity index (χ2n) is 10.3. The van der Waals surface area contributed by atoms with E-state index in [1.54, 1.807) is 61.7 Å². The lowest BCUT2D eigenvalue weighted by atomic mass is 9.96. The number of aromatic amines is 1. The number of fused-ring (bicyclic) bond motifs is 1. The molecule has 4 aromatic rings. The number of carbonyl (C=O) groups excluding carboxylic acids is 3. The van der Waals surface area contributed by atoms with Crippen molar-refractivity contribution in [2.24, 2.45) is 0 Å². The van der Waals surface area contributed by atoms with Crippen molar-refractivity contribution in [2.45, 2.75) is 19.0 Å². The molecular formula is C32H35N5O7. The number of aliphatic hydroxyl groups excluding tert-OH is 1. The van der Waals surface area contributed by atoms with Gasteiger partial charge in [0.15, 0.2) is 5.78 Å². The second kappa shape index (κ2) is 14.1. The standard InChI is InChI=1S/C32H35N5O7/c1-19-27(42-2)9-10-28(44-14-13-43-12-11-38)29(19)30(39)20-3-5-21(6-4-20)31(40)35-25-17-33-18-26(25)36-32(41)22-7-8-23-16-34-37-24(23)15-22/h3-10,15-16,25-26,33,38H,11-14,17-18H2,1-2H3,(H,34,37)(H,35,40)(H,36,41)/t25-,26+/m1/s1. The van der Waals surface area contributed by atoms with Gasteiger partial charge < -0.3 is 35.3 Å². The van der Waals surface area contributed by atoms with Gasteiger partial charge in [0.2, 0.25) is 0 Å². The third-order valence-electron chi connectivity index (χ3n) is 7.51. The molecule has 0 bridgehead atoms. The molecule has 1 aliphatic rings. The fraction of sp³-hybridized carbons (Fsp3) is 0.312. The zero-order valence-corrected chi connectivity index (χ0v) is 24.5. The van der Waals surface area contributed by atoms with Gasteiger partial charge in [-0.25, -0.2) is 0 Å². The maximum absolute atomic E-state index is 13.6. The van der Waals surface area contributed by atoms with E-state index in [1.165, 1.54) is 7.11 Å². The molecular weight excluding hydrogens is 566 g/mol. The van der Waals surface area contributed by atoms with Crippen LogP contribution in [0.3, 0.4) is 0 Å². The van der Waals surface area contributed by atoms with Crippen molar-refractivity contribution in [3.63, 3.8) is 0 Å². The summed E-state index contributed by atoms with van der Waals surface area (Å²) in [4.78, 5) is 39.7. The molecule has 0 aliphatic carbocycles. The first-order valence-corrected chi connectivity index (χ1v) is 14.3. The predicted octanol–water partition coefficient (Wildman–Crippen LogP) is 2.00. The van der Waals surface area contributed by atoms with E-state index < -0.39 is 0 Å². The zero-order valence-electron chi connectivity index (χ0n) is 24.5. The molecule has 1 saturated heterocycles. The number of benzene rings is 3. The summed E-state index contributed by atoms with van der Waals surface area (Å²) in [6, 6.07) is 14.5. The molecule has 2 atom stereocenters. The van der Waals surface area contributed by atoms with Gasteiger partial charge in [-0.1, -0.05) is 18.2 Å². The maximum atomic E-state index is 13.6. The van der Waals surface area contributed by atoms with Gasteiger partial charge in [0, 0.05) is 40.7 Å². The van der Waals surface area contributed by atoms with Crippen LogP contribution in [0.1, 0.15) is 42.2 Å². The lowest BCUT2D eigenvalue weighted by Crippen LogP contribution is -2.51. The minimum absolute atomic E-state index is 0.0850. The molecule has 1 aliphatic heterocycles. The van der Waals surface area contributed by atoms with E-state index in [9.17, 15) is 14.4 Å². The molecule has 2 amide bonds. The summed E-state index contributed by atoms with van der Waals surface area (Å²) < 4.78 is 16.5. The average molecular weight is 602 g/mol. The van der Waals surface area contributed by atoms with Gasteiger partial charge in [-0.05, 0) is 43.3 Å². The first kappa shape index (κ1) is 30.7. The highest BCUT2D eigenvalue weighted by atomic mass is 16.5. The Morgan fingerprint density at radius 2 is 1.55 bits per heavy atom. The number of rotatable bonds is 13. The van der Waals surface area contributed by atoms with Crippen molar-refractivity contribution in [3.8, 4) is 11.5 Å². The van der Waals surface area contributed by atoms with Crippen LogP contribution in [0.5, 0.6) is 11.5 Å². The first-order chi connectivity index (χ1) is 21.4. The van der Waals surface area contributed by atoms with Crippen molar-refractivity contribution in [3.05, 3.63) is 88.6 Å². The summed E-state index contributed by atoms with van der Waals surface area (Å²) in [7, 11) is 1.53. The number of carbonyl (C=O) groups is 3. The van der Waals surface area contributed by atoms with Crippen LogP contribution in [0.4, 0.5) is 0 Å². The number of hydrogen-bond donors (Lipinski definition) is 5. The number of aliphatic hydroxyl groups is 1. The monoisotopic (exact) mass is 601 g/mol. The van der Waals surface area contributed by atoms with E-state index in [0.717, 1.165) is 10.9 Å². The van der Waals surface area contributed by atoms with Crippen LogP contribution in [0.2, 0.25) is 0 Å². The fourth-order valence-corrected chi connectivity index (χ4v) is 5.15. The molecule has 0 saturated carbocycles. The van der Waals surface area contributed by atoms with Crippen LogP contribution >= 0.6 is 0 Å². The van der Waals surface area contributed by atoms with Gasteiger partial charge in [-0.3, -0.25) is 19.5 Å². The predicted molar refractivity (Wildman–Crippen MR) is 162 cm³/mol. The van der Waals surface area contributed by atoms with Crippen LogP contribution in [0.25, 0.3) is 10.9 Å². The molecule has 0 spiro atoms. The number of H-pyrrole nitrogens is 1. The number of hydrogen-bond acceptors (Lipinski definition) is 9. The lowest BCUT2D eigenvalue weighted by molar-refractivity contribution is 0.0701. The Bertz CT molecular complexity index is 1640. The minimum atomic E-state index is -0.329. The minimum Gasteiger partial charge on any atom is -0.496 e. The molecule has 0 radical (unpaired) electrons. The molecule has 5 rings (SSSR count). The maximum Gasteiger partial charge on any atom is 0.251 e. The Hall–Kier alpha value is -4.78. The summed E-state index contributed by atoms with van der Waals surface area (Å²) in [5.41, 5.74) is 2.99. The topological polar surface area (TPSA) is 164 Å². The Morgan fingerprint density at radius 1 is 0.886 bits per heavy atom. The van der Waals surface area contributed by atoms with E-state index in [0.29, 0.717) is 52.4 Å². The Balaban J connectivity index is 1.24. The van der Waals surface area contributed by atoms with Crippen molar-refractivity contribution in [2.75, 3.05) is 46.6 Å². The number of ether oxygens (including phenoxy) is 3. The Labute approximate surface area is 254 Å². The van der Waals surface area contributed by atoms with E-state index in [1.807, 2.05) is 6.07 Å². The molecule has 12 heteroatoms. The highest BCUT2D eigenvalue weighted by molar-refractivity contribution is 6.12. The van der Waals surface area contributed by atoms with Crippen LogP contribution < -0.4 is 25.4 Å². The van der Waals surface area contributed by atoms with Crippen molar-refractivity contribution in [1.29, 1.82) is 0 Å². The van der Waals surface area contributed by atoms with E-state index in [4.69, 9.17) is 19.3 Å². The smallest absolute Gasteiger partial charge is 0.251 e. The van der Waals surface area contributed by atoms with E-state index in [-0.39, 0.29) is 56.1 Å². The fourth-order valence-electron chi connectivity index (χ4n) is 5.15. The largest absolute Gasteiger partial charge is 0.496 e. The van der Waals surface area contributed by atoms with Crippen LogP contribution in [0, 0.1) is 6.92 Å². The van der Waals surface area contributed by atoms with E-state index >= 15 is 0 Å². The number of nitrogens with zero attached hydrogens (tertiary/aromatic N) is 1. The number of methoxy groups -OCH3 is 1. The molecule has 12 nitrogen and oxygen atoms in total. The normalized spacial score (nSPS) is 16.1. The third kappa shape index (κ3) is 6.88. The number of ketones is 1. The third-order valence-corrected chi connectivity index (χ3v) is 7.51. The molecule has 3 aromatic carbocycles. The number of nitrogens with one attached hydrogen (secondary N) is 4. The quantitative estimate of drug-likeness (QED) is 0.114. The summed E-state index contributed by atoms with van der Waals surface area (Å²) in [6.07, 6.45) is 1.69. The first-order valence-electron chi connectivity index (χ1n) is 14.3. The van der Waals surface area contributed by atoms with Gasteiger partial charge in [0.05, 0.1) is 56.3 Å². The van der Waals surface area contributed by atoms with Gasteiger partial charge in [0.1, 0.15) is 18.1 Å². The second-order valence-corrected chi connectivity index (χ2v) is 10.3. The van der Waals surface area contributed by atoms with Gasteiger partial charge >= 0.3 is 0 Å². The highest BCUT2D eigenvalue weighted by Gasteiger charge is 2.30. The van der Waals surface area contributed by atoms with Crippen LogP contribution in [-0.4, -0.2) is 91.6 Å². The van der Waals surface area contributed by atoms with Crippen molar-refractivity contribution < 1.29 is 33.7 Å². The van der Waals surface area contributed by atoms with Crippen LogP contribution in [-0.2, 0) is 4.74 Å². The average Bonchev–Trinajstić information content (AvgIpc) is 3.69. The molecule has 44 heavy (non-hydrogen) atoms. The van der Waals surface area contributed by atoms with E-state index in [2.05, 4.69) is 26.1 Å². The van der Waals surface area contributed by atoms with Gasteiger partial charge in [-0.15, -0.1) is 0 Å². The summed E-state index contributed by atoms with van der Waals surface area (Å²) in [6.45, 7) is 3.35. The summed E-state index contributed by atoms with van der Waals surface area (Å²) in [5, 5.41) is 25.9. The molecule has 2 heterocycles. The van der Waals surface area contributed by atoms with Gasteiger partial charge in [-0.2, -0.15) is 5.10 Å².